The van der Waals surface area contributed by atoms with E-state index in [-0.39, 0.29) is 5.65 Å². The quantitative estimate of drug-likeness (QED) is 0.229. The monoisotopic (exact) mass is 512 g/mol. The molecule has 11 heteroatoms. The molecule has 0 saturated carbocycles. The van der Waals surface area contributed by atoms with Crippen molar-refractivity contribution in [2.45, 2.75) is 19.1 Å². The molecule has 0 N–H and O–H groups in total. The number of hydrogen-bond donors (Lipinski definition) is 0. The fraction of sp³-hybridized carbons (Fsp3) is 0.115. The number of benzene rings is 2. The summed E-state index contributed by atoms with van der Waals surface area (Å²) in [5.41, 5.74) is 3.07. The van der Waals surface area contributed by atoms with Crippen molar-refractivity contribution in [3.8, 4) is 28.0 Å². The molecule has 0 fully saturated rings. The second-order valence-corrected chi connectivity index (χ2v) is 7.95. The Morgan fingerprint density at radius 1 is 0.757 bits per heavy atom. The lowest BCUT2D eigenvalue weighted by Crippen LogP contribution is -2.22. The van der Waals surface area contributed by atoms with Crippen LogP contribution in [0.15, 0.2) is 91.4 Å². The smallest absolute Gasteiger partial charge is 0.406 e. The van der Waals surface area contributed by atoms with Crippen molar-refractivity contribution < 1.29 is 31.4 Å². The van der Waals surface area contributed by atoms with Gasteiger partial charge in [0.2, 0.25) is 5.82 Å². The maximum Gasteiger partial charge on any atom is 0.573 e. The van der Waals surface area contributed by atoms with E-state index < -0.39 is 30.7 Å². The molecule has 0 aliphatic carbocycles. The third-order valence-electron chi connectivity index (χ3n) is 5.48. The molecule has 0 spiro atoms. The van der Waals surface area contributed by atoms with Gasteiger partial charge < -0.3 is 9.47 Å². The number of pyridine rings is 2. The summed E-state index contributed by atoms with van der Waals surface area (Å²) in [5.74, 6) is -1.13. The largest absolute Gasteiger partial charge is 0.573 e. The normalized spacial score (nSPS) is 12.1. The van der Waals surface area contributed by atoms with Crippen LogP contribution >= 0.6 is 0 Å². The Morgan fingerprint density at radius 3 is 2.24 bits per heavy atom. The molecule has 2 aromatic carbocycles. The highest BCUT2D eigenvalue weighted by Gasteiger charge is 2.39. The van der Waals surface area contributed by atoms with Crippen LogP contribution in [0.4, 0.5) is 22.0 Å². The number of hydrogen-bond acceptors (Lipinski definition) is 5. The van der Waals surface area contributed by atoms with Crippen molar-refractivity contribution >= 4 is 5.65 Å². The molecule has 0 unspecified atom stereocenters. The topological polar surface area (TPSA) is 61.5 Å². The number of ether oxygens (including phenoxy) is 2. The zero-order chi connectivity index (χ0) is 26.0. The molecule has 3 heterocycles. The van der Waals surface area contributed by atoms with E-state index >= 15 is 8.78 Å². The summed E-state index contributed by atoms with van der Waals surface area (Å²) in [6.07, 6.45) is -4.00. The molecule has 37 heavy (non-hydrogen) atoms. The van der Waals surface area contributed by atoms with E-state index in [1.54, 1.807) is 48.8 Å². The lowest BCUT2D eigenvalue weighted by atomic mass is 10.0. The Morgan fingerprint density at radius 2 is 1.51 bits per heavy atom. The van der Waals surface area contributed by atoms with Crippen molar-refractivity contribution in [1.29, 1.82) is 0 Å². The number of aromatic nitrogens is 4. The summed E-state index contributed by atoms with van der Waals surface area (Å²) in [6, 6.07) is 18.7. The van der Waals surface area contributed by atoms with Gasteiger partial charge in [0.25, 0.3) is 0 Å². The van der Waals surface area contributed by atoms with Gasteiger partial charge in [0.05, 0.1) is 6.61 Å². The highest BCUT2D eigenvalue weighted by molar-refractivity contribution is 5.66. The molecular weight excluding hydrogens is 495 g/mol. The standard InChI is InChI=1S/C26H17F5N4O2/c27-25(28,36-16-20-4-1-2-6-22(20)18-5-3-13-32-14-18)24-34-33-23-12-9-19(15-35(23)24)17-7-10-21(11-8-17)37-26(29,30)31/h1-15H,16H2. The average Bonchev–Trinajstić information content (AvgIpc) is 3.32. The van der Waals surface area contributed by atoms with Crippen molar-refractivity contribution in [3.05, 3.63) is 103 Å². The SMILES string of the molecule is FC(F)(F)Oc1ccc(-c2ccc3nnc(C(F)(F)OCc4ccccc4-c4cccnc4)n3c2)cc1. The predicted molar refractivity (Wildman–Crippen MR) is 123 cm³/mol. The van der Waals surface area contributed by atoms with E-state index in [0.29, 0.717) is 22.3 Å². The molecule has 5 rings (SSSR count). The Bertz CT molecular complexity index is 1520. The first kappa shape index (κ1) is 24.3. The van der Waals surface area contributed by atoms with Crippen LogP contribution < -0.4 is 4.74 Å². The van der Waals surface area contributed by atoms with E-state index in [9.17, 15) is 13.2 Å². The zero-order valence-electron chi connectivity index (χ0n) is 18.9. The van der Waals surface area contributed by atoms with Crippen LogP contribution in [0.2, 0.25) is 0 Å². The maximum absolute atomic E-state index is 15.2. The molecule has 6 nitrogen and oxygen atoms in total. The van der Waals surface area contributed by atoms with Crippen LogP contribution in [0, 0.1) is 0 Å². The van der Waals surface area contributed by atoms with E-state index in [1.807, 2.05) is 6.07 Å². The first-order valence-electron chi connectivity index (χ1n) is 10.9. The van der Waals surface area contributed by atoms with Crippen molar-refractivity contribution in [3.63, 3.8) is 0 Å². The van der Waals surface area contributed by atoms with Gasteiger partial charge in [-0.05, 0) is 52.6 Å². The fourth-order valence-electron chi connectivity index (χ4n) is 3.79. The third-order valence-corrected chi connectivity index (χ3v) is 5.48. The highest BCUT2D eigenvalue weighted by Crippen LogP contribution is 2.33. The lowest BCUT2D eigenvalue weighted by molar-refractivity contribution is -0.274. The summed E-state index contributed by atoms with van der Waals surface area (Å²) < 4.78 is 77.6. The molecule has 0 saturated heterocycles. The van der Waals surface area contributed by atoms with Gasteiger partial charge in [0.1, 0.15) is 5.75 Å². The van der Waals surface area contributed by atoms with E-state index in [1.165, 1.54) is 24.4 Å². The van der Waals surface area contributed by atoms with Gasteiger partial charge in [0, 0.05) is 24.2 Å². The first-order chi connectivity index (χ1) is 17.7. The van der Waals surface area contributed by atoms with Crippen LogP contribution in [0.5, 0.6) is 5.75 Å². The van der Waals surface area contributed by atoms with Crippen LogP contribution in [0.1, 0.15) is 11.4 Å². The Kier molecular flexibility index (Phi) is 6.30. The first-order valence-corrected chi connectivity index (χ1v) is 10.9. The summed E-state index contributed by atoms with van der Waals surface area (Å²) in [7, 11) is 0. The van der Waals surface area contributed by atoms with Crippen molar-refractivity contribution in [2.24, 2.45) is 0 Å². The maximum atomic E-state index is 15.2. The predicted octanol–water partition coefficient (Wildman–Crippen LogP) is 6.62. The Hall–Kier alpha value is -4.38. The molecule has 0 bridgehead atoms. The molecule has 0 aliphatic heterocycles. The minimum absolute atomic E-state index is 0.148. The molecule has 0 aliphatic rings. The molecule has 0 amide bonds. The minimum Gasteiger partial charge on any atom is -0.406 e. The number of fused-ring (bicyclic) bond motifs is 1. The molecule has 3 aromatic heterocycles. The zero-order valence-corrected chi connectivity index (χ0v) is 18.9. The minimum atomic E-state index is -4.82. The van der Waals surface area contributed by atoms with E-state index in [4.69, 9.17) is 4.74 Å². The molecular formula is C26H17F5N4O2. The van der Waals surface area contributed by atoms with Gasteiger partial charge in [-0.2, -0.15) is 8.78 Å². The van der Waals surface area contributed by atoms with Crippen molar-refractivity contribution in [2.75, 3.05) is 0 Å². The van der Waals surface area contributed by atoms with Gasteiger partial charge in [-0.3, -0.25) is 9.38 Å². The van der Waals surface area contributed by atoms with Gasteiger partial charge in [-0.25, -0.2) is 0 Å². The Balaban J connectivity index is 1.40. The lowest BCUT2D eigenvalue weighted by Gasteiger charge is -2.17. The number of halogens is 5. The van der Waals surface area contributed by atoms with Gasteiger partial charge in [-0.1, -0.05) is 42.5 Å². The number of alkyl halides is 5. The molecule has 5 aromatic rings. The van der Waals surface area contributed by atoms with E-state index in [0.717, 1.165) is 22.1 Å². The summed E-state index contributed by atoms with van der Waals surface area (Å²) in [4.78, 5) is 4.07. The number of rotatable bonds is 7. The summed E-state index contributed by atoms with van der Waals surface area (Å²) in [5, 5.41) is 7.43. The third kappa shape index (κ3) is 5.41. The second kappa shape index (κ2) is 9.58. The molecule has 188 valence electrons. The fourth-order valence-corrected chi connectivity index (χ4v) is 3.79. The van der Waals surface area contributed by atoms with Gasteiger partial charge >= 0.3 is 12.5 Å². The van der Waals surface area contributed by atoms with Crippen LogP contribution in [0.25, 0.3) is 27.9 Å². The highest BCUT2D eigenvalue weighted by atomic mass is 19.4. The second-order valence-electron chi connectivity index (χ2n) is 7.95. The van der Waals surface area contributed by atoms with Crippen LogP contribution in [0.3, 0.4) is 0 Å². The van der Waals surface area contributed by atoms with Crippen LogP contribution in [-0.2, 0) is 17.5 Å². The van der Waals surface area contributed by atoms with E-state index in [2.05, 4.69) is 19.9 Å². The van der Waals surface area contributed by atoms with Crippen molar-refractivity contribution in [1.82, 2.24) is 19.6 Å². The molecule has 0 atom stereocenters. The summed E-state index contributed by atoms with van der Waals surface area (Å²) >= 11 is 0. The number of nitrogens with zero attached hydrogens (tertiary/aromatic N) is 4. The average molecular weight is 512 g/mol. The summed E-state index contributed by atoms with van der Waals surface area (Å²) in [6.45, 7) is -0.409. The molecule has 0 radical (unpaired) electrons. The van der Waals surface area contributed by atoms with Gasteiger partial charge in [0.15, 0.2) is 5.65 Å². The Labute approximate surface area is 206 Å². The van der Waals surface area contributed by atoms with Gasteiger partial charge in [-0.15, -0.1) is 23.4 Å². The van der Waals surface area contributed by atoms with Crippen LogP contribution in [-0.4, -0.2) is 25.9 Å².